The molecule has 4 rings (SSSR count). The molecule has 2 heterocycles. The number of ether oxygens (including phenoxy) is 2. The van der Waals surface area contributed by atoms with Crippen molar-refractivity contribution in [1.29, 1.82) is 0 Å². The normalized spacial score (nSPS) is 16.2. The Labute approximate surface area is 193 Å². The molecule has 2 aromatic rings. The zero-order chi connectivity index (χ0) is 21.8. The lowest BCUT2D eigenvalue weighted by Crippen LogP contribution is -2.27. The first-order valence-corrected chi connectivity index (χ1v) is 11.3. The van der Waals surface area contributed by atoms with Crippen molar-refractivity contribution in [1.82, 2.24) is 4.90 Å². The van der Waals surface area contributed by atoms with Crippen molar-refractivity contribution < 1.29 is 14.3 Å². The van der Waals surface area contributed by atoms with E-state index >= 15 is 0 Å². The maximum absolute atomic E-state index is 12.9. The number of methoxy groups -OCH3 is 1. The molecule has 31 heavy (non-hydrogen) atoms. The molecule has 2 aromatic carbocycles. The van der Waals surface area contributed by atoms with Crippen LogP contribution < -0.4 is 14.4 Å². The van der Waals surface area contributed by atoms with E-state index in [4.69, 9.17) is 32.7 Å². The Balaban J connectivity index is 1.48. The summed E-state index contributed by atoms with van der Waals surface area (Å²) in [5, 5.41) is 1.07. The highest BCUT2D eigenvalue weighted by Gasteiger charge is 2.26. The van der Waals surface area contributed by atoms with Gasteiger partial charge in [-0.05, 0) is 67.8 Å². The fourth-order valence-corrected chi connectivity index (χ4v) is 4.55. The van der Waals surface area contributed by atoms with Crippen molar-refractivity contribution in [2.75, 3.05) is 44.8 Å². The number of likely N-dealkylation sites (tertiary alicyclic amines) is 1. The van der Waals surface area contributed by atoms with E-state index < -0.39 is 0 Å². The molecule has 5 nitrogen and oxygen atoms in total. The van der Waals surface area contributed by atoms with Gasteiger partial charge in [-0.1, -0.05) is 29.3 Å². The van der Waals surface area contributed by atoms with Gasteiger partial charge in [0.1, 0.15) is 6.61 Å². The Bertz CT molecular complexity index is 987. The third-order valence-corrected chi connectivity index (χ3v) is 6.32. The van der Waals surface area contributed by atoms with Crippen molar-refractivity contribution in [3.8, 4) is 11.5 Å². The van der Waals surface area contributed by atoms with Gasteiger partial charge in [-0.15, -0.1) is 0 Å². The summed E-state index contributed by atoms with van der Waals surface area (Å²) in [7, 11) is 1.64. The standard InChI is InChI=1S/C24H26Cl2N2O3/c1-30-22-14-18-8-11-28(24(29)7-5-17-4-6-19(25)15-20(17)26)21(18)16-23(22)31-13-12-27-9-2-3-10-27/h4-7,14-16H,2-3,8-13H2,1H3/b7-5+. The van der Waals surface area contributed by atoms with Gasteiger partial charge in [0, 0.05) is 35.3 Å². The zero-order valence-electron chi connectivity index (χ0n) is 17.6. The van der Waals surface area contributed by atoms with Crippen molar-refractivity contribution in [2.24, 2.45) is 0 Å². The van der Waals surface area contributed by atoms with Gasteiger partial charge in [0.25, 0.3) is 5.91 Å². The second kappa shape index (κ2) is 9.94. The van der Waals surface area contributed by atoms with E-state index in [0.29, 0.717) is 34.7 Å². The molecule has 7 heteroatoms. The molecule has 2 aliphatic rings. The summed E-state index contributed by atoms with van der Waals surface area (Å²) in [4.78, 5) is 17.1. The molecule has 2 aliphatic heterocycles. The Hall–Kier alpha value is -2.21. The number of rotatable bonds is 7. The number of fused-ring (bicyclic) bond motifs is 1. The van der Waals surface area contributed by atoms with Crippen LogP contribution in [0.1, 0.15) is 24.0 Å². The average molecular weight is 461 g/mol. The minimum Gasteiger partial charge on any atom is -0.493 e. The van der Waals surface area contributed by atoms with Crippen molar-refractivity contribution in [3.63, 3.8) is 0 Å². The third kappa shape index (κ3) is 5.17. The highest BCUT2D eigenvalue weighted by atomic mass is 35.5. The first-order chi connectivity index (χ1) is 15.0. The van der Waals surface area contributed by atoms with Gasteiger partial charge in [0.2, 0.25) is 0 Å². The van der Waals surface area contributed by atoms with Crippen LogP contribution in [0.5, 0.6) is 11.5 Å². The van der Waals surface area contributed by atoms with Crippen LogP contribution in [0, 0.1) is 0 Å². The van der Waals surface area contributed by atoms with Crippen LogP contribution in [-0.2, 0) is 11.2 Å². The fourth-order valence-electron chi connectivity index (χ4n) is 4.08. The van der Waals surface area contributed by atoms with Gasteiger partial charge in [-0.3, -0.25) is 9.69 Å². The molecular formula is C24H26Cl2N2O3. The summed E-state index contributed by atoms with van der Waals surface area (Å²) in [6.07, 6.45) is 6.56. The van der Waals surface area contributed by atoms with Gasteiger partial charge >= 0.3 is 0 Å². The smallest absolute Gasteiger partial charge is 0.251 e. The van der Waals surface area contributed by atoms with Crippen molar-refractivity contribution >= 4 is 40.9 Å². The summed E-state index contributed by atoms with van der Waals surface area (Å²) in [5.41, 5.74) is 2.70. The topological polar surface area (TPSA) is 42.0 Å². The van der Waals surface area contributed by atoms with Crippen LogP contribution in [0.2, 0.25) is 10.0 Å². The average Bonchev–Trinajstić information content (AvgIpc) is 3.42. The zero-order valence-corrected chi connectivity index (χ0v) is 19.1. The monoisotopic (exact) mass is 460 g/mol. The predicted octanol–water partition coefficient (Wildman–Crippen LogP) is 5.08. The molecule has 1 saturated heterocycles. The van der Waals surface area contributed by atoms with Crippen molar-refractivity contribution in [2.45, 2.75) is 19.3 Å². The van der Waals surface area contributed by atoms with Gasteiger partial charge in [0.15, 0.2) is 11.5 Å². The number of carbonyl (C=O) groups excluding carboxylic acids is 1. The SMILES string of the molecule is COc1cc2c(cc1OCCN1CCCC1)N(C(=O)/C=C/c1ccc(Cl)cc1Cl)CC2. The number of hydrogen-bond acceptors (Lipinski definition) is 4. The number of amides is 1. The van der Waals surface area contributed by atoms with E-state index in [2.05, 4.69) is 4.90 Å². The first kappa shape index (κ1) is 22.0. The maximum atomic E-state index is 12.9. The van der Waals surface area contributed by atoms with Gasteiger partial charge in [-0.2, -0.15) is 0 Å². The van der Waals surface area contributed by atoms with E-state index in [9.17, 15) is 4.79 Å². The molecule has 0 N–H and O–H groups in total. The van der Waals surface area contributed by atoms with Gasteiger partial charge in [-0.25, -0.2) is 0 Å². The van der Waals surface area contributed by atoms with Crippen LogP contribution in [0.3, 0.4) is 0 Å². The van der Waals surface area contributed by atoms with Gasteiger partial charge < -0.3 is 14.4 Å². The fraction of sp³-hybridized carbons (Fsp3) is 0.375. The molecule has 0 unspecified atom stereocenters. The molecule has 0 spiro atoms. The highest BCUT2D eigenvalue weighted by molar-refractivity contribution is 6.35. The Morgan fingerprint density at radius 1 is 1.10 bits per heavy atom. The minimum atomic E-state index is -0.0991. The molecule has 1 amide bonds. The van der Waals surface area contributed by atoms with E-state index in [1.807, 2.05) is 12.1 Å². The molecule has 0 bridgehead atoms. The van der Waals surface area contributed by atoms with E-state index in [1.165, 1.54) is 12.8 Å². The number of nitrogens with zero attached hydrogens (tertiary/aromatic N) is 2. The Morgan fingerprint density at radius 2 is 1.90 bits per heavy atom. The minimum absolute atomic E-state index is 0.0991. The lowest BCUT2D eigenvalue weighted by atomic mass is 10.1. The Morgan fingerprint density at radius 3 is 2.65 bits per heavy atom. The van der Waals surface area contributed by atoms with Crippen LogP contribution >= 0.6 is 23.2 Å². The third-order valence-electron chi connectivity index (χ3n) is 5.76. The second-order valence-electron chi connectivity index (χ2n) is 7.77. The lowest BCUT2D eigenvalue weighted by Gasteiger charge is -2.19. The van der Waals surface area contributed by atoms with Crippen LogP contribution in [-0.4, -0.2) is 50.7 Å². The number of hydrogen-bond donors (Lipinski definition) is 0. The maximum Gasteiger partial charge on any atom is 0.251 e. The molecule has 0 aromatic heterocycles. The van der Waals surface area contributed by atoms with E-state index in [1.54, 1.807) is 42.4 Å². The largest absolute Gasteiger partial charge is 0.493 e. The number of benzene rings is 2. The summed E-state index contributed by atoms with van der Waals surface area (Å²) >= 11 is 12.2. The summed E-state index contributed by atoms with van der Waals surface area (Å²) in [6, 6.07) is 9.11. The predicted molar refractivity (Wildman–Crippen MR) is 126 cm³/mol. The number of carbonyl (C=O) groups is 1. The molecule has 1 fully saturated rings. The lowest BCUT2D eigenvalue weighted by molar-refractivity contribution is -0.114. The summed E-state index contributed by atoms with van der Waals surface area (Å²) in [5.74, 6) is 1.28. The molecular weight excluding hydrogens is 435 g/mol. The first-order valence-electron chi connectivity index (χ1n) is 10.6. The molecule has 0 atom stereocenters. The van der Waals surface area contributed by atoms with Crippen LogP contribution in [0.15, 0.2) is 36.4 Å². The van der Waals surface area contributed by atoms with Crippen LogP contribution in [0.4, 0.5) is 5.69 Å². The van der Waals surface area contributed by atoms with Crippen molar-refractivity contribution in [3.05, 3.63) is 57.6 Å². The highest BCUT2D eigenvalue weighted by Crippen LogP contribution is 2.39. The van der Waals surface area contributed by atoms with Crippen LogP contribution in [0.25, 0.3) is 6.08 Å². The summed E-state index contributed by atoms with van der Waals surface area (Å²) < 4.78 is 11.6. The molecule has 0 saturated carbocycles. The van der Waals surface area contributed by atoms with Gasteiger partial charge in [0.05, 0.1) is 12.8 Å². The van der Waals surface area contributed by atoms with E-state index in [-0.39, 0.29) is 5.91 Å². The second-order valence-corrected chi connectivity index (χ2v) is 8.61. The number of anilines is 1. The summed E-state index contributed by atoms with van der Waals surface area (Å²) in [6.45, 7) is 4.38. The number of halogens is 2. The Kier molecular flexibility index (Phi) is 7.06. The van der Waals surface area contributed by atoms with E-state index in [0.717, 1.165) is 42.9 Å². The molecule has 164 valence electrons. The molecule has 0 aliphatic carbocycles. The molecule has 0 radical (unpaired) electrons. The quantitative estimate of drug-likeness (QED) is 0.540.